The summed E-state index contributed by atoms with van der Waals surface area (Å²) in [4.78, 5) is 0. The molecule has 1 fully saturated rings. The normalized spacial score (nSPS) is 30.4. The van der Waals surface area contributed by atoms with Crippen LogP contribution in [0.2, 0.25) is 0 Å². The van der Waals surface area contributed by atoms with E-state index in [9.17, 15) is 0 Å². The van der Waals surface area contributed by atoms with Crippen molar-refractivity contribution in [2.45, 2.75) is 32.1 Å². The molecule has 1 saturated carbocycles. The highest BCUT2D eigenvalue weighted by Gasteiger charge is 2.52. The Balaban J connectivity index is 2.26. The van der Waals surface area contributed by atoms with E-state index in [0.29, 0.717) is 5.41 Å². The molecule has 2 N–H and O–H groups in total. The lowest BCUT2D eigenvalue weighted by molar-refractivity contribution is 0.587. The molecule has 0 heterocycles. The van der Waals surface area contributed by atoms with Gasteiger partial charge in [0.05, 0.1) is 0 Å². The van der Waals surface area contributed by atoms with Gasteiger partial charge in [-0.15, -0.1) is 0 Å². The zero-order valence-corrected chi connectivity index (χ0v) is 9.09. The van der Waals surface area contributed by atoms with Crippen LogP contribution in [-0.2, 0) is 5.41 Å². The number of nitrogens with two attached hydrogens (primary N) is 1. The van der Waals surface area contributed by atoms with Gasteiger partial charge in [-0.1, -0.05) is 36.8 Å². The molecule has 2 atom stereocenters. The van der Waals surface area contributed by atoms with Crippen LogP contribution in [0.15, 0.2) is 24.3 Å². The van der Waals surface area contributed by atoms with Crippen LogP contribution >= 0.6 is 0 Å². The first-order chi connectivity index (χ1) is 6.73. The van der Waals surface area contributed by atoms with Gasteiger partial charge < -0.3 is 5.73 Å². The second-order valence-corrected chi connectivity index (χ2v) is 4.51. The molecule has 76 valence electrons. The van der Waals surface area contributed by atoms with Crippen molar-refractivity contribution in [3.8, 4) is 0 Å². The molecule has 1 nitrogen and oxygen atoms in total. The lowest BCUT2D eigenvalue weighted by atomic mass is 9.90. The quantitative estimate of drug-likeness (QED) is 0.777. The smallest absolute Gasteiger partial charge is 0.000562 e. The Hall–Kier alpha value is -0.820. The summed E-state index contributed by atoms with van der Waals surface area (Å²) in [5, 5.41) is 0. The predicted molar refractivity (Wildman–Crippen MR) is 60.3 cm³/mol. The maximum absolute atomic E-state index is 5.75. The molecule has 1 heteroatoms. The van der Waals surface area contributed by atoms with Gasteiger partial charge in [0.2, 0.25) is 0 Å². The van der Waals surface area contributed by atoms with Gasteiger partial charge in [0, 0.05) is 0 Å². The third kappa shape index (κ3) is 1.36. The minimum absolute atomic E-state index is 0.419. The zero-order chi connectivity index (χ0) is 10.2. The number of hydrogen-bond acceptors (Lipinski definition) is 1. The molecule has 2 rings (SSSR count). The fourth-order valence-electron chi connectivity index (χ4n) is 2.57. The second kappa shape index (κ2) is 3.39. The van der Waals surface area contributed by atoms with E-state index in [2.05, 4.69) is 38.1 Å². The average molecular weight is 189 g/mol. The SMILES string of the molecule is CCC1(c2ccc(C)cc2)CC1CN. The summed E-state index contributed by atoms with van der Waals surface area (Å²) in [5.74, 6) is 0.718. The summed E-state index contributed by atoms with van der Waals surface area (Å²) >= 11 is 0. The molecule has 0 aliphatic heterocycles. The van der Waals surface area contributed by atoms with Crippen LogP contribution in [0, 0.1) is 12.8 Å². The molecule has 0 aromatic heterocycles. The molecule has 1 aliphatic rings. The van der Waals surface area contributed by atoms with Gasteiger partial charge in [0.15, 0.2) is 0 Å². The first kappa shape index (κ1) is 9.72. The highest BCUT2D eigenvalue weighted by Crippen LogP contribution is 2.56. The molecule has 2 unspecified atom stereocenters. The van der Waals surface area contributed by atoms with Crippen LogP contribution in [-0.4, -0.2) is 6.54 Å². The molecule has 14 heavy (non-hydrogen) atoms. The van der Waals surface area contributed by atoms with Crippen molar-refractivity contribution in [1.82, 2.24) is 0 Å². The van der Waals surface area contributed by atoms with Gasteiger partial charge in [-0.2, -0.15) is 0 Å². The Morgan fingerprint density at radius 1 is 1.36 bits per heavy atom. The molecule has 1 aromatic carbocycles. The van der Waals surface area contributed by atoms with Gasteiger partial charge in [-0.3, -0.25) is 0 Å². The lowest BCUT2D eigenvalue weighted by Gasteiger charge is -2.15. The fourth-order valence-corrected chi connectivity index (χ4v) is 2.57. The third-order valence-corrected chi connectivity index (χ3v) is 3.77. The molecular formula is C13H19N. The summed E-state index contributed by atoms with van der Waals surface area (Å²) < 4.78 is 0. The molecular weight excluding hydrogens is 170 g/mol. The van der Waals surface area contributed by atoms with E-state index in [1.807, 2.05) is 0 Å². The standard InChI is InChI=1S/C13H19N/c1-3-13(8-12(13)9-14)11-6-4-10(2)5-7-11/h4-7,12H,3,8-9,14H2,1-2H3. The number of benzene rings is 1. The van der Waals surface area contributed by atoms with Crippen molar-refractivity contribution in [3.05, 3.63) is 35.4 Å². The number of rotatable bonds is 3. The molecule has 0 radical (unpaired) electrons. The monoisotopic (exact) mass is 189 g/mol. The largest absolute Gasteiger partial charge is 0.330 e. The van der Waals surface area contributed by atoms with Crippen LogP contribution in [0.25, 0.3) is 0 Å². The highest BCUT2D eigenvalue weighted by molar-refractivity contribution is 5.35. The van der Waals surface area contributed by atoms with Crippen molar-refractivity contribution in [3.63, 3.8) is 0 Å². The minimum atomic E-state index is 0.419. The van der Waals surface area contributed by atoms with E-state index in [1.165, 1.54) is 24.0 Å². The molecule has 0 saturated heterocycles. The van der Waals surface area contributed by atoms with Gasteiger partial charge in [0.25, 0.3) is 0 Å². The zero-order valence-electron chi connectivity index (χ0n) is 9.09. The van der Waals surface area contributed by atoms with E-state index in [4.69, 9.17) is 5.73 Å². The summed E-state index contributed by atoms with van der Waals surface area (Å²) in [6.45, 7) is 5.24. The van der Waals surface area contributed by atoms with Gasteiger partial charge in [-0.25, -0.2) is 0 Å². The lowest BCUT2D eigenvalue weighted by Crippen LogP contribution is -2.14. The Morgan fingerprint density at radius 2 is 2.00 bits per heavy atom. The topological polar surface area (TPSA) is 26.0 Å². The molecule has 1 aliphatic carbocycles. The number of hydrogen-bond donors (Lipinski definition) is 1. The van der Waals surface area contributed by atoms with Crippen LogP contribution in [0.5, 0.6) is 0 Å². The summed E-state index contributed by atoms with van der Waals surface area (Å²) in [5.41, 5.74) is 9.00. The highest BCUT2D eigenvalue weighted by atomic mass is 14.7. The molecule has 1 aromatic rings. The maximum atomic E-state index is 5.75. The van der Waals surface area contributed by atoms with Crippen molar-refractivity contribution < 1.29 is 0 Å². The van der Waals surface area contributed by atoms with E-state index >= 15 is 0 Å². The Kier molecular flexibility index (Phi) is 2.36. The van der Waals surface area contributed by atoms with Crippen molar-refractivity contribution in [2.75, 3.05) is 6.54 Å². The average Bonchev–Trinajstić information content (AvgIpc) is 2.94. The van der Waals surface area contributed by atoms with Gasteiger partial charge in [-0.05, 0) is 43.2 Å². The van der Waals surface area contributed by atoms with Gasteiger partial charge >= 0.3 is 0 Å². The van der Waals surface area contributed by atoms with E-state index < -0.39 is 0 Å². The van der Waals surface area contributed by atoms with Crippen LogP contribution < -0.4 is 5.73 Å². The molecule has 0 bridgehead atoms. The van der Waals surface area contributed by atoms with E-state index in [0.717, 1.165) is 12.5 Å². The van der Waals surface area contributed by atoms with E-state index in [1.54, 1.807) is 0 Å². The van der Waals surface area contributed by atoms with Crippen molar-refractivity contribution in [2.24, 2.45) is 11.7 Å². The minimum Gasteiger partial charge on any atom is -0.330 e. The Morgan fingerprint density at radius 3 is 2.43 bits per heavy atom. The van der Waals surface area contributed by atoms with Crippen LogP contribution in [0.1, 0.15) is 30.9 Å². The maximum Gasteiger partial charge on any atom is -0.000562 e. The first-order valence-corrected chi connectivity index (χ1v) is 5.50. The second-order valence-electron chi connectivity index (χ2n) is 4.51. The van der Waals surface area contributed by atoms with Gasteiger partial charge in [0.1, 0.15) is 0 Å². The predicted octanol–water partition coefficient (Wildman–Crippen LogP) is 2.62. The van der Waals surface area contributed by atoms with Crippen LogP contribution in [0.4, 0.5) is 0 Å². The Labute approximate surface area is 86.3 Å². The van der Waals surface area contributed by atoms with Crippen molar-refractivity contribution in [1.29, 1.82) is 0 Å². The molecule has 0 amide bonds. The summed E-state index contributed by atoms with van der Waals surface area (Å²) in [7, 11) is 0. The summed E-state index contributed by atoms with van der Waals surface area (Å²) in [6, 6.07) is 8.96. The Bertz CT molecular complexity index is 315. The van der Waals surface area contributed by atoms with E-state index in [-0.39, 0.29) is 0 Å². The first-order valence-electron chi connectivity index (χ1n) is 5.50. The summed E-state index contributed by atoms with van der Waals surface area (Å²) in [6.07, 6.45) is 2.50. The fraction of sp³-hybridized carbons (Fsp3) is 0.538. The number of aryl methyl sites for hydroxylation is 1. The third-order valence-electron chi connectivity index (χ3n) is 3.77. The van der Waals surface area contributed by atoms with Crippen molar-refractivity contribution >= 4 is 0 Å². The molecule has 0 spiro atoms. The van der Waals surface area contributed by atoms with Crippen LogP contribution in [0.3, 0.4) is 0 Å².